The predicted octanol–water partition coefficient (Wildman–Crippen LogP) is 3.40. The van der Waals surface area contributed by atoms with Crippen LogP contribution in [0.5, 0.6) is 0 Å². The number of nitrogens with zero attached hydrogens (tertiary/aromatic N) is 2. The number of carbonyl (C=O) groups excluding carboxylic acids is 2. The molecule has 2 aromatic carbocycles. The number of benzene rings is 2. The number of carbonyl (C=O) groups is 2. The Kier molecular flexibility index (Phi) is 9.73. The molecule has 0 saturated heterocycles. The summed E-state index contributed by atoms with van der Waals surface area (Å²) in [6.07, 6.45) is 2.35. The second-order valence-corrected chi connectivity index (χ2v) is 10.3. The summed E-state index contributed by atoms with van der Waals surface area (Å²) < 4.78 is 26.3. The minimum absolute atomic E-state index is 0.274. The molecular weight excluding hydrogens is 462 g/mol. The highest BCUT2D eigenvalue weighted by atomic mass is 35.5. The van der Waals surface area contributed by atoms with E-state index in [2.05, 4.69) is 5.32 Å². The Morgan fingerprint density at radius 3 is 2.36 bits per heavy atom. The van der Waals surface area contributed by atoms with E-state index >= 15 is 0 Å². The zero-order valence-electron chi connectivity index (χ0n) is 19.5. The lowest BCUT2D eigenvalue weighted by atomic mass is 10.1. The van der Waals surface area contributed by atoms with Gasteiger partial charge >= 0.3 is 0 Å². The molecule has 1 atom stereocenters. The third-order valence-electron chi connectivity index (χ3n) is 5.39. The number of anilines is 1. The molecule has 180 valence electrons. The molecule has 0 aromatic heterocycles. The second kappa shape index (κ2) is 12.0. The van der Waals surface area contributed by atoms with Gasteiger partial charge in [0.05, 0.1) is 11.9 Å². The summed E-state index contributed by atoms with van der Waals surface area (Å²) in [5, 5.41) is 3.22. The lowest BCUT2D eigenvalue weighted by Gasteiger charge is -2.32. The van der Waals surface area contributed by atoms with Crippen molar-refractivity contribution < 1.29 is 18.0 Å². The zero-order chi connectivity index (χ0) is 24.6. The van der Waals surface area contributed by atoms with Gasteiger partial charge in [-0.05, 0) is 49.9 Å². The highest BCUT2D eigenvalue weighted by Gasteiger charge is 2.30. The SMILES string of the molecule is CCCNC(=O)C(C)N(CCc1ccccc1)C(=O)CN(c1cccc(Cl)c1C)S(C)(=O)=O. The van der Waals surface area contributed by atoms with Gasteiger partial charge in [-0.1, -0.05) is 54.9 Å². The van der Waals surface area contributed by atoms with Crippen molar-refractivity contribution in [1.29, 1.82) is 0 Å². The van der Waals surface area contributed by atoms with Crippen molar-refractivity contribution in [3.63, 3.8) is 0 Å². The van der Waals surface area contributed by atoms with Crippen LogP contribution >= 0.6 is 11.6 Å². The van der Waals surface area contributed by atoms with Crippen molar-refractivity contribution >= 4 is 39.1 Å². The molecule has 2 aromatic rings. The van der Waals surface area contributed by atoms with Gasteiger partial charge in [-0.15, -0.1) is 0 Å². The standard InChI is InChI=1S/C24H32ClN3O4S/c1-5-15-26-24(30)19(3)27(16-14-20-10-7-6-8-11-20)23(29)17-28(33(4,31)32)22-13-9-12-21(25)18(22)2/h6-13,19H,5,14-17H2,1-4H3,(H,26,30). The molecule has 33 heavy (non-hydrogen) atoms. The van der Waals surface area contributed by atoms with Gasteiger partial charge < -0.3 is 10.2 Å². The Balaban J connectivity index is 2.33. The van der Waals surface area contributed by atoms with E-state index in [1.165, 1.54) is 4.90 Å². The van der Waals surface area contributed by atoms with Crippen molar-refractivity contribution in [2.75, 3.05) is 30.2 Å². The summed E-state index contributed by atoms with van der Waals surface area (Å²) in [6.45, 7) is 5.65. The van der Waals surface area contributed by atoms with Crippen LogP contribution in [0.2, 0.25) is 5.02 Å². The normalized spacial score (nSPS) is 12.2. The minimum atomic E-state index is -3.79. The molecule has 0 saturated carbocycles. The highest BCUT2D eigenvalue weighted by Crippen LogP contribution is 2.28. The molecule has 0 aliphatic heterocycles. The van der Waals surface area contributed by atoms with Crippen LogP contribution in [0.15, 0.2) is 48.5 Å². The molecule has 1 N–H and O–H groups in total. The fourth-order valence-corrected chi connectivity index (χ4v) is 4.50. The maximum atomic E-state index is 13.4. The molecule has 0 spiro atoms. The molecule has 0 aliphatic rings. The Morgan fingerprint density at radius 1 is 1.09 bits per heavy atom. The number of nitrogens with one attached hydrogen (secondary N) is 1. The van der Waals surface area contributed by atoms with Crippen LogP contribution in [0, 0.1) is 6.92 Å². The Bertz CT molecular complexity index is 1060. The smallest absolute Gasteiger partial charge is 0.244 e. The summed E-state index contributed by atoms with van der Waals surface area (Å²) in [7, 11) is -3.79. The highest BCUT2D eigenvalue weighted by molar-refractivity contribution is 7.92. The van der Waals surface area contributed by atoms with Crippen LogP contribution in [-0.4, -0.2) is 57.1 Å². The van der Waals surface area contributed by atoms with Crippen LogP contribution in [0.3, 0.4) is 0 Å². The number of hydrogen-bond acceptors (Lipinski definition) is 4. The van der Waals surface area contributed by atoms with Gasteiger partial charge in [-0.25, -0.2) is 8.42 Å². The summed E-state index contributed by atoms with van der Waals surface area (Å²) in [6, 6.07) is 13.8. The van der Waals surface area contributed by atoms with Gasteiger partial charge in [0.2, 0.25) is 21.8 Å². The number of rotatable bonds is 11. The first kappa shape index (κ1) is 26.7. The van der Waals surface area contributed by atoms with Crippen molar-refractivity contribution in [2.45, 2.75) is 39.7 Å². The van der Waals surface area contributed by atoms with Crippen LogP contribution < -0.4 is 9.62 Å². The molecule has 7 nitrogen and oxygen atoms in total. The summed E-state index contributed by atoms with van der Waals surface area (Å²) in [4.78, 5) is 27.5. The summed E-state index contributed by atoms with van der Waals surface area (Å²) >= 11 is 6.20. The molecule has 2 rings (SSSR count). The topological polar surface area (TPSA) is 86.8 Å². The molecule has 1 unspecified atom stereocenters. The van der Waals surface area contributed by atoms with Gasteiger partial charge in [0.15, 0.2) is 0 Å². The molecule has 0 bridgehead atoms. The van der Waals surface area contributed by atoms with E-state index in [0.717, 1.165) is 22.5 Å². The maximum absolute atomic E-state index is 13.4. The van der Waals surface area contributed by atoms with Crippen LogP contribution in [0.4, 0.5) is 5.69 Å². The summed E-state index contributed by atoms with van der Waals surface area (Å²) in [5.74, 6) is -0.738. The third-order valence-corrected chi connectivity index (χ3v) is 6.92. The van der Waals surface area contributed by atoms with E-state index < -0.39 is 28.5 Å². The van der Waals surface area contributed by atoms with Crippen molar-refractivity contribution in [3.05, 3.63) is 64.7 Å². The second-order valence-electron chi connectivity index (χ2n) is 7.94. The fraction of sp³-hybridized carbons (Fsp3) is 0.417. The molecule has 9 heteroatoms. The molecule has 0 heterocycles. The number of hydrogen-bond donors (Lipinski definition) is 1. The Labute approximate surface area is 201 Å². The molecular formula is C24H32ClN3O4S. The third kappa shape index (κ3) is 7.47. The lowest BCUT2D eigenvalue weighted by Crippen LogP contribution is -2.52. The van der Waals surface area contributed by atoms with E-state index in [4.69, 9.17) is 11.6 Å². The van der Waals surface area contributed by atoms with Crippen molar-refractivity contribution in [2.24, 2.45) is 0 Å². The zero-order valence-corrected chi connectivity index (χ0v) is 21.1. The van der Waals surface area contributed by atoms with Gasteiger partial charge in [0, 0.05) is 18.1 Å². The van der Waals surface area contributed by atoms with Crippen LogP contribution in [-0.2, 0) is 26.0 Å². The Morgan fingerprint density at radius 2 is 1.76 bits per heavy atom. The van der Waals surface area contributed by atoms with E-state index in [0.29, 0.717) is 29.2 Å². The Hall–Kier alpha value is -2.58. The first-order valence-corrected chi connectivity index (χ1v) is 13.1. The van der Waals surface area contributed by atoms with E-state index in [-0.39, 0.29) is 12.5 Å². The van der Waals surface area contributed by atoms with Gasteiger partial charge in [0.1, 0.15) is 12.6 Å². The van der Waals surface area contributed by atoms with Gasteiger partial charge in [-0.2, -0.15) is 0 Å². The average molecular weight is 494 g/mol. The number of sulfonamides is 1. The molecule has 0 radical (unpaired) electrons. The first-order valence-electron chi connectivity index (χ1n) is 10.9. The maximum Gasteiger partial charge on any atom is 0.244 e. The monoisotopic (exact) mass is 493 g/mol. The van der Waals surface area contributed by atoms with E-state index in [9.17, 15) is 18.0 Å². The largest absolute Gasteiger partial charge is 0.354 e. The number of halogens is 1. The van der Waals surface area contributed by atoms with E-state index in [1.807, 2.05) is 37.3 Å². The predicted molar refractivity (Wildman–Crippen MR) is 133 cm³/mol. The van der Waals surface area contributed by atoms with Crippen LogP contribution in [0.1, 0.15) is 31.4 Å². The molecule has 0 aliphatic carbocycles. The van der Waals surface area contributed by atoms with Gasteiger partial charge in [-0.3, -0.25) is 13.9 Å². The number of amides is 2. The lowest BCUT2D eigenvalue weighted by molar-refractivity contribution is -0.138. The minimum Gasteiger partial charge on any atom is -0.354 e. The average Bonchev–Trinajstić information content (AvgIpc) is 2.77. The van der Waals surface area contributed by atoms with Crippen LogP contribution in [0.25, 0.3) is 0 Å². The first-order chi connectivity index (χ1) is 15.6. The van der Waals surface area contributed by atoms with Crippen molar-refractivity contribution in [1.82, 2.24) is 10.2 Å². The molecule has 0 fully saturated rings. The van der Waals surface area contributed by atoms with Crippen molar-refractivity contribution in [3.8, 4) is 0 Å². The van der Waals surface area contributed by atoms with Gasteiger partial charge in [0.25, 0.3) is 0 Å². The van der Waals surface area contributed by atoms with E-state index in [1.54, 1.807) is 32.0 Å². The quantitative estimate of drug-likeness (QED) is 0.519. The summed E-state index contributed by atoms with van der Waals surface area (Å²) in [5.41, 5.74) is 1.91. The molecule has 2 amide bonds. The fourth-order valence-electron chi connectivity index (χ4n) is 3.43.